The highest BCUT2D eigenvalue weighted by atomic mass is 79.9. The van der Waals surface area contributed by atoms with E-state index in [0.717, 1.165) is 10.0 Å². The summed E-state index contributed by atoms with van der Waals surface area (Å²) >= 11 is 3.38. The number of ether oxygens (including phenoxy) is 2. The zero-order chi connectivity index (χ0) is 16.0. The van der Waals surface area contributed by atoms with Crippen LogP contribution in [0.2, 0.25) is 0 Å². The lowest BCUT2D eigenvalue weighted by molar-refractivity contribution is -0.124. The van der Waals surface area contributed by atoms with Crippen LogP contribution in [0.4, 0.5) is 4.79 Å². The Kier molecular flexibility index (Phi) is 6.02. The van der Waals surface area contributed by atoms with E-state index in [9.17, 15) is 9.59 Å². The van der Waals surface area contributed by atoms with Crippen molar-refractivity contribution in [2.75, 3.05) is 6.61 Å². The standard InChI is InChI=1S/C14H19BrN2O4/c1-9-7-10(5-6-11(9)15)20-8-12(18)16-17-13(19)21-14(2,3)4/h5-7H,8H2,1-4H3,(H,16,18)(H,17,19). The Bertz CT molecular complexity index is 526. The minimum atomic E-state index is -0.727. The summed E-state index contributed by atoms with van der Waals surface area (Å²) in [7, 11) is 0. The summed E-state index contributed by atoms with van der Waals surface area (Å²) in [5.74, 6) is 0.0875. The Balaban J connectivity index is 2.34. The number of hydrogen-bond donors (Lipinski definition) is 2. The van der Waals surface area contributed by atoms with Crippen molar-refractivity contribution in [1.82, 2.24) is 10.9 Å². The molecule has 7 heteroatoms. The van der Waals surface area contributed by atoms with E-state index < -0.39 is 17.6 Å². The second-order valence-electron chi connectivity index (χ2n) is 5.37. The Hall–Kier alpha value is -1.76. The predicted molar refractivity (Wildman–Crippen MR) is 81.9 cm³/mol. The van der Waals surface area contributed by atoms with E-state index in [1.54, 1.807) is 32.9 Å². The SMILES string of the molecule is Cc1cc(OCC(=O)NNC(=O)OC(C)(C)C)ccc1Br. The third-order valence-corrected chi connectivity index (χ3v) is 3.09. The van der Waals surface area contributed by atoms with Crippen LogP contribution in [0.15, 0.2) is 22.7 Å². The van der Waals surface area contributed by atoms with Crippen molar-refractivity contribution in [3.05, 3.63) is 28.2 Å². The maximum Gasteiger partial charge on any atom is 0.426 e. The highest BCUT2D eigenvalue weighted by Gasteiger charge is 2.16. The van der Waals surface area contributed by atoms with E-state index >= 15 is 0 Å². The molecule has 0 aromatic heterocycles. The van der Waals surface area contributed by atoms with Gasteiger partial charge in [-0.25, -0.2) is 10.2 Å². The van der Waals surface area contributed by atoms with Gasteiger partial charge in [0.15, 0.2) is 6.61 Å². The number of aryl methyl sites for hydroxylation is 1. The van der Waals surface area contributed by atoms with Gasteiger partial charge in [0, 0.05) is 4.47 Å². The Morgan fingerprint density at radius 3 is 2.48 bits per heavy atom. The summed E-state index contributed by atoms with van der Waals surface area (Å²) in [5, 5.41) is 0. The minimum Gasteiger partial charge on any atom is -0.484 e. The second-order valence-corrected chi connectivity index (χ2v) is 6.23. The average Bonchev–Trinajstić information content (AvgIpc) is 2.36. The molecule has 0 saturated carbocycles. The monoisotopic (exact) mass is 358 g/mol. The van der Waals surface area contributed by atoms with Crippen LogP contribution in [0.25, 0.3) is 0 Å². The highest BCUT2D eigenvalue weighted by Crippen LogP contribution is 2.21. The van der Waals surface area contributed by atoms with Crippen molar-refractivity contribution in [3.8, 4) is 5.75 Å². The first-order chi connectivity index (χ1) is 9.67. The maximum atomic E-state index is 11.5. The first-order valence-electron chi connectivity index (χ1n) is 6.34. The van der Waals surface area contributed by atoms with E-state index in [-0.39, 0.29) is 6.61 Å². The van der Waals surface area contributed by atoms with Crippen molar-refractivity contribution < 1.29 is 19.1 Å². The predicted octanol–water partition coefficient (Wildman–Crippen LogP) is 2.69. The minimum absolute atomic E-state index is 0.211. The number of benzene rings is 1. The number of hydrogen-bond acceptors (Lipinski definition) is 4. The highest BCUT2D eigenvalue weighted by molar-refractivity contribution is 9.10. The third kappa shape index (κ3) is 6.99. The molecule has 0 aliphatic carbocycles. The van der Waals surface area contributed by atoms with Gasteiger partial charge >= 0.3 is 6.09 Å². The molecule has 0 aliphatic rings. The van der Waals surface area contributed by atoms with Crippen molar-refractivity contribution in [2.24, 2.45) is 0 Å². The van der Waals surface area contributed by atoms with Crippen LogP contribution in [0.1, 0.15) is 26.3 Å². The van der Waals surface area contributed by atoms with Crippen LogP contribution < -0.4 is 15.6 Å². The number of amides is 2. The van der Waals surface area contributed by atoms with Crippen molar-refractivity contribution in [2.45, 2.75) is 33.3 Å². The number of carbonyl (C=O) groups excluding carboxylic acids is 2. The van der Waals surface area contributed by atoms with E-state index in [2.05, 4.69) is 26.8 Å². The Morgan fingerprint density at radius 2 is 1.90 bits per heavy atom. The summed E-state index contributed by atoms with van der Waals surface area (Å²) < 4.78 is 11.2. The molecule has 0 saturated heterocycles. The molecule has 2 N–H and O–H groups in total. The second kappa shape index (κ2) is 7.31. The van der Waals surface area contributed by atoms with Gasteiger partial charge in [0.1, 0.15) is 11.4 Å². The van der Waals surface area contributed by atoms with Gasteiger partial charge < -0.3 is 9.47 Å². The zero-order valence-electron chi connectivity index (χ0n) is 12.5. The molecule has 0 spiro atoms. The molecule has 1 rings (SSSR count). The summed E-state index contributed by atoms with van der Waals surface area (Å²) in [6.07, 6.45) is -0.727. The fraction of sp³-hybridized carbons (Fsp3) is 0.429. The Labute approximate surface area is 132 Å². The molecule has 0 unspecified atom stereocenters. The topological polar surface area (TPSA) is 76.7 Å². The van der Waals surface area contributed by atoms with Crippen LogP contribution in [0.3, 0.4) is 0 Å². The molecule has 2 amide bonds. The first kappa shape index (κ1) is 17.3. The Morgan fingerprint density at radius 1 is 1.24 bits per heavy atom. The van der Waals surface area contributed by atoms with Gasteiger partial charge in [0.05, 0.1) is 0 Å². The van der Waals surface area contributed by atoms with Gasteiger partial charge in [-0.05, 0) is 51.5 Å². The largest absolute Gasteiger partial charge is 0.484 e. The van der Waals surface area contributed by atoms with E-state index in [0.29, 0.717) is 5.75 Å². The van der Waals surface area contributed by atoms with Crippen LogP contribution in [0, 0.1) is 6.92 Å². The molecular formula is C14H19BrN2O4. The summed E-state index contributed by atoms with van der Waals surface area (Å²) in [5.41, 5.74) is 4.73. The molecule has 0 bridgehead atoms. The first-order valence-corrected chi connectivity index (χ1v) is 7.13. The number of hydrazine groups is 1. The van der Waals surface area contributed by atoms with Crippen LogP contribution in [-0.2, 0) is 9.53 Å². The molecule has 0 atom stereocenters. The van der Waals surface area contributed by atoms with Crippen molar-refractivity contribution in [3.63, 3.8) is 0 Å². The van der Waals surface area contributed by atoms with E-state index in [1.165, 1.54) is 0 Å². The van der Waals surface area contributed by atoms with Crippen LogP contribution >= 0.6 is 15.9 Å². The molecule has 0 aliphatic heterocycles. The van der Waals surface area contributed by atoms with Gasteiger partial charge in [-0.3, -0.25) is 10.2 Å². The van der Waals surface area contributed by atoms with Gasteiger partial charge in [0.2, 0.25) is 0 Å². The molecular weight excluding hydrogens is 340 g/mol. The molecule has 6 nitrogen and oxygen atoms in total. The summed E-state index contributed by atoms with van der Waals surface area (Å²) in [6, 6.07) is 5.38. The zero-order valence-corrected chi connectivity index (χ0v) is 14.0. The van der Waals surface area contributed by atoms with Gasteiger partial charge in [-0.1, -0.05) is 15.9 Å². The van der Waals surface area contributed by atoms with Gasteiger partial charge in [-0.15, -0.1) is 0 Å². The molecule has 1 aromatic carbocycles. The third-order valence-electron chi connectivity index (χ3n) is 2.20. The van der Waals surface area contributed by atoms with Gasteiger partial charge in [0.25, 0.3) is 5.91 Å². The van der Waals surface area contributed by atoms with E-state index in [4.69, 9.17) is 9.47 Å². The normalized spacial score (nSPS) is 10.7. The van der Waals surface area contributed by atoms with Gasteiger partial charge in [-0.2, -0.15) is 0 Å². The number of nitrogens with one attached hydrogen (secondary N) is 2. The molecule has 0 heterocycles. The smallest absolute Gasteiger partial charge is 0.426 e. The van der Waals surface area contributed by atoms with Crippen LogP contribution in [-0.4, -0.2) is 24.2 Å². The summed E-state index contributed by atoms with van der Waals surface area (Å²) in [6.45, 7) is 6.89. The number of carbonyl (C=O) groups is 2. The molecule has 0 fully saturated rings. The molecule has 116 valence electrons. The van der Waals surface area contributed by atoms with Crippen molar-refractivity contribution >= 4 is 27.9 Å². The lowest BCUT2D eigenvalue weighted by Crippen LogP contribution is -2.45. The van der Waals surface area contributed by atoms with Crippen molar-refractivity contribution in [1.29, 1.82) is 0 Å². The van der Waals surface area contributed by atoms with Crippen LogP contribution in [0.5, 0.6) is 5.75 Å². The number of halogens is 1. The quantitative estimate of drug-likeness (QED) is 0.814. The fourth-order valence-electron chi connectivity index (χ4n) is 1.32. The average molecular weight is 359 g/mol. The fourth-order valence-corrected chi connectivity index (χ4v) is 1.56. The maximum absolute atomic E-state index is 11.5. The van der Waals surface area contributed by atoms with E-state index in [1.807, 2.05) is 13.0 Å². The number of rotatable bonds is 3. The summed E-state index contributed by atoms with van der Waals surface area (Å²) in [4.78, 5) is 22.8. The lowest BCUT2D eigenvalue weighted by Gasteiger charge is -2.19. The molecule has 1 aromatic rings. The lowest BCUT2D eigenvalue weighted by atomic mass is 10.2. The molecule has 0 radical (unpaired) electrons. The molecule has 21 heavy (non-hydrogen) atoms.